The van der Waals surface area contributed by atoms with E-state index in [1.807, 2.05) is 4.90 Å². The average Bonchev–Trinajstić information content (AvgIpc) is 3.18. The van der Waals surface area contributed by atoms with Gasteiger partial charge in [0.25, 0.3) is 0 Å². The van der Waals surface area contributed by atoms with E-state index >= 15 is 0 Å². The van der Waals surface area contributed by atoms with Gasteiger partial charge in [-0.05, 0) is 73.1 Å². The fourth-order valence-electron chi connectivity index (χ4n) is 4.95. The summed E-state index contributed by atoms with van der Waals surface area (Å²) in [5, 5.41) is 3.26. The molecule has 148 valence electrons. The number of fused-ring (bicyclic) bond motifs is 4. The first kappa shape index (κ1) is 18.0. The van der Waals surface area contributed by atoms with E-state index in [0.717, 1.165) is 24.9 Å². The van der Waals surface area contributed by atoms with Gasteiger partial charge in [0.1, 0.15) is 0 Å². The lowest BCUT2D eigenvalue weighted by molar-refractivity contribution is 0.181. The molecule has 2 aliphatic rings. The Morgan fingerprint density at radius 3 is 2.72 bits per heavy atom. The molecular formula is C25H27N3O. The fourth-order valence-corrected chi connectivity index (χ4v) is 4.95. The van der Waals surface area contributed by atoms with Crippen molar-refractivity contribution in [2.75, 3.05) is 5.32 Å². The Morgan fingerprint density at radius 1 is 1.00 bits per heavy atom. The van der Waals surface area contributed by atoms with Crippen molar-refractivity contribution in [1.82, 2.24) is 9.47 Å². The number of rotatable bonds is 2. The van der Waals surface area contributed by atoms with Crippen LogP contribution in [0, 0.1) is 0 Å². The van der Waals surface area contributed by atoms with E-state index < -0.39 is 0 Å². The summed E-state index contributed by atoms with van der Waals surface area (Å²) < 4.78 is 2.24. The number of nitrogens with zero attached hydrogens (tertiary/aromatic N) is 2. The van der Waals surface area contributed by atoms with E-state index in [2.05, 4.69) is 77.6 Å². The molecule has 1 aromatic heterocycles. The minimum absolute atomic E-state index is 0.0136. The Labute approximate surface area is 172 Å². The smallest absolute Gasteiger partial charge is 0.318 e. The standard InChI is InChI=1S/C25H27N3O/c1-2-22-24-15-8-16-27(24)23-14-6-4-10-19(23)17-28(22)25(29)26-21-13-7-11-18-9-3-5-12-20(18)21/h4,6-8,10-11,13-16,22H,2-3,5,9,12,17H2,1H3,(H,26,29)/t22-/m0/s1. The summed E-state index contributed by atoms with van der Waals surface area (Å²) in [4.78, 5) is 15.5. The first-order valence-electron chi connectivity index (χ1n) is 10.7. The summed E-state index contributed by atoms with van der Waals surface area (Å²) in [5.41, 5.74) is 7.19. The van der Waals surface area contributed by atoms with Crippen molar-refractivity contribution >= 4 is 11.7 Å². The van der Waals surface area contributed by atoms with Crippen molar-refractivity contribution in [3.8, 4) is 5.69 Å². The molecule has 0 saturated carbocycles. The lowest BCUT2D eigenvalue weighted by Crippen LogP contribution is -2.37. The largest absolute Gasteiger partial charge is 0.322 e. The van der Waals surface area contributed by atoms with Crippen LogP contribution >= 0.6 is 0 Å². The Morgan fingerprint density at radius 2 is 1.83 bits per heavy atom. The van der Waals surface area contributed by atoms with Gasteiger partial charge in [0.05, 0.1) is 18.3 Å². The van der Waals surface area contributed by atoms with Gasteiger partial charge in [0.15, 0.2) is 0 Å². The molecule has 4 heteroatoms. The second-order valence-corrected chi connectivity index (χ2v) is 8.06. The Kier molecular flexibility index (Phi) is 4.62. The summed E-state index contributed by atoms with van der Waals surface area (Å²) >= 11 is 0. The highest BCUT2D eigenvalue weighted by Gasteiger charge is 2.31. The normalized spacial score (nSPS) is 17.7. The van der Waals surface area contributed by atoms with Crippen LogP contribution in [-0.2, 0) is 19.4 Å². The highest BCUT2D eigenvalue weighted by Crippen LogP contribution is 2.35. The molecule has 0 bridgehead atoms. The van der Waals surface area contributed by atoms with Crippen LogP contribution in [0.25, 0.3) is 5.69 Å². The molecule has 0 saturated heterocycles. The minimum Gasteiger partial charge on any atom is -0.318 e. The van der Waals surface area contributed by atoms with Gasteiger partial charge in [-0.1, -0.05) is 37.3 Å². The topological polar surface area (TPSA) is 37.3 Å². The quantitative estimate of drug-likeness (QED) is 0.590. The van der Waals surface area contributed by atoms with Crippen LogP contribution in [0.1, 0.15) is 54.6 Å². The van der Waals surface area contributed by atoms with Crippen LogP contribution in [0.3, 0.4) is 0 Å². The van der Waals surface area contributed by atoms with Crippen LogP contribution in [0.4, 0.5) is 10.5 Å². The molecule has 3 aromatic rings. The van der Waals surface area contributed by atoms with Gasteiger partial charge in [0, 0.05) is 17.6 Å². The lowest BCUT2D eigenvalue weighted by atomic mass is 9.90. The van der Waals surface area contributed by atoms with Gasteiger partial charge in [-0.15, -0.1) is 0 Å². The summed E-state index contributed by atoms with van der Waals surface area (Å²) in [6.45, 7) is 2.76. The van der Waals surface area contributed by atoms with Crippen molar-refractivity contribution in [3.05, 3.63) is 83.2 Å². The third-order valence-corrected chi connectivity index (χ3v) is 6.37. The molecule has 5 rings (SSSR count). The zero-order valence-electron chi connectivity index (χ0n) is 16.9. The summed E-state index contributed by atoms with van der Waals surface area (Å²) in [7, 11) is 0. The number of carbonyl (C=O) groups excluding carboxylic acids is 1. The number of aryl methyl sites for hydroxylation is 1. The first-order valence-corrected chi connectivity index (χ1v) is 10.7. The number of urea groups is 1. The molecular weight excluding hydrogens is 358 g/mol. The Balaban J connectivity index is 1.51. The van der Waals surface area contributed by atoms with Crippen molar-refractivity contribution in [2.45, 2.75) is 51.6 Å². The van der Waals surface area contributed by atoms with E-state index in [0.29, 0.717) is 6.54 Å². The monoisotopic (exact) mass is 385 g/mol. The number of hydrogen-bond acceptors (Lipinski definition) is 1. The fraction of sp³-hybridized carbons (Fsp3) is 0.320. The molecule has 0 fully saturated rings. The van der Waals surface area contributed by atoms with E-state index in [9.17, 15) is 4.79 Å². The zero-order chi connectivity index (χ0) is 19.8. The minimum atomic E-state index is -0.0136. The maximum Gasteiger partial charge on any atom is 0.322 e. The van der Waals surface area contributed by atoms with Crippen LogP contribution in [-0.4, -0.2) is 15.5 Å². The molecule has 2 aromatic carbocycles. The predicted molar refractivity (Wildman–Crippen MR) is 116 cm³/mol. The number of nitrogens with one attached hydrogen (secondary N) is 1. The van der Waals surface area contributed by atoms with Crippen LogP contribution in [0.2, 0.25) is 0 Å². The van der Waals surface area contributed by atoms with E-state index in [4.69, 9.17) is 0 Å². The molecule has 1 atom stereocenters. The van der Waals surface area contributed by atoms with E-state index in [1.165, 1.54) is 40.9 Å². The zero-order valence-corrected chi connectivity index (χ0v) is 16.9. The molecule has 4 nitrogen and oxygen atoms in total. The Bertz CT molecular complexity index is 1050. The number of anilines is 1. The third-order valence-electron chi connectivity index (χ3n) is 6.37. The molecule has 1 aliphatic heterocycles. The number of amides is 2. The number of hydrogen-bond donors (Lipinski definition) is 1. The summed E-state index contributed by atoms with van der Waals surface area (Å²) in [6.07, 6.45) is 7.57. The number of carbonyl (C=O) groups is 1. The lowest BCUT2D eigenvalue weighted by Gasteiger charge is -2.30. The number of para-hydroxylation sites is 1. The Hall–Kier alpha value is -3.01. The molecule has 0 unspecified atom stereocenters. The van der Waals surface area contributed by atoms with Gasteiger partial charge in [-0.2, -0.15) is 0 Å². The maximum absolute atomic E-state index is 13.5. The third kappa shape index (κ3) is 3.13. The predicted octanol–water partition coefficient (Wildman–Crippen LogP) is 5.85. The van der Waals surface area contributed by atoms with Crippen molar-refractivity contribution in [1.29, 1.82) is 0 Å². The van der Waals surface area contributed by atoms with Gasteiger partial charge in [0.2, 0.25) is 0 Å². The van der Waals surface area contributed by atoms with Gasteiger partial charge in [-0.3, -0.25) is 0 Å². The molecule has 1 N–H and O–H groups in total. The molecule has 0 spiro atoms. The molecule has 2 amide bonds. The first-order chi connectivity index (χ1) is 14.3. The van der Waals surface area contributed by atoms with Crippen molar-refractivity contribution in [2.24, 2.45) is 0 Å². The average molecular weight is 386 g/mol. The second-order valence-electron chi connectivity index (χ2n) is 8.06. The number of aromatic nitrogens is 1. The molecule has 2 heterocycles. The maximum atomic E-state index is 13.5. The van der Waals surface area contributed by atoms with E-state index in [-0.39, 0.29) is 12.1 Å². The summed E-state index contributed by atoms with van der Waals surface area (Å²) in [6, 6.07) is 18.9. The van der Waals surface area contributed by atoms with Crippen molar-refractivity contribution < 1.29 is 4.79 Å². The van der Waals surface area contributed by atoms with Crippen LogP contribution in [0.15, 0.2) is 60.8 Å². The van der Waals surface area contributed by atoms with Gasteiger partial charge >= 0.3 is 6.03 Å². The second kappa shape index (κ2) is 7.43. The van der Waals surface area contributed by atoms with E-state index in [1.54, 1.807) is 0 Å². The highest BCUT2D eigenvalue weighted by molar-refractivity contribution is 5.91. The van der Waals surface area contributed by atoms with Crippen LogP contribution in [0.5, 0.6) is 0 Å². The highest BCUT2D eigenvalue weighted by atomic mass is 16.2. The molecule has 0 radical (unpaired) electrons. The van der Waals surface area contributed by atoms with Crippen LogP contribution < -0.4 is 5.32 Å². The molecule has 29 heavy (non-hydrogen) atoms. The van der Waals surface area contributed by atoms with Crippen molar-refractivity contribution in [3.63, 3.8) is 0 Å². The van der Waals surface area contributed by atoms with Gasteiger partial charge in [-0.25, -0.2) is 4.79 Å². The van der Waals surface area contributed by atoms with Gasteiger partial charge < -0.3 is 14.8 Å². The molecule has 1 aliphatic carbocycles. The SMILES string of the molecule is CC[C@H]1c2cccn2-c2ccccc2CN1C(=O)Nc1cccc2c1CCCC2. The summed E-state index contributed by atoms with van der Waals surface area (Å²) in [5.74, 6) is 0. The number of benzene rings is 2.